The third-order valence-corrected chi connectivity index (χ3v) is 4.51. The van der Waals surface area contributed by atoms with Crippen LogP contribution in [0.25, 0.3) is 11.0 Å². The van der Waals surface area contributed by atoms with E-state index in [-0.39, 0.29) is 5.43 Å². The molecule has 6 heteroatoms. The van der Waals surface area contributed by atoms with Crippen LogP contribution in [0.2, 0.25) is 0 Å². The summed E-state index contributed by atoms with van der Waals surface area (Å²) in [6.07, 6.45) is 2.59. The van der Waals surface area contributed by atoms with Crippen LogP contribution in [0.15, 0.2) is 29.2 Å². The highest BCUT2D eigenvalue weighted by Gasteiger charge is 2.09. The number of nitrogens with zero attached hydrogens (tertiary/aromatic N) is 2. The summed E-state index contributed by atoms with van der Waals surface area (Å²) in [6, 6.07) is 5.82. The maximum absolute atomic E-state index is 12.0. The maximum atomic E-state index is 12.0. The summed E-state index contributed by atoms with van der Waals surface area (Å²) in [5.41, 5.74) is 4.55. The second-order valence-corrected chi connectivity index (χ2v) is 6.46. The lowest BCUT2D eigenvalue weighted by Gasteiger charge is -2.17. The van der Waals surface area contributed by atoms with Crippen LogP contribution < -0.4 is 10.2 Å². The summed E-state index contributed by atoms with van der Waals surface area (Å²) in [5.74, 6) is 1.77. The van der Waals surface area contributed by atoms with Gasteiger partial charge < -0.3 is 19.6 Å². The number of fused-ring (bicyclic) bond motifs is 1. The van der Waals surface area contributed by atoms with Gasteiger partial charge in [-0.1, -0.05) is 0 Å². The number of pyridine rings is 1. The van der Waals surface area contributed by atoms with E-state index in [4.69, 9.17) is 4.74 Å². The van der Waals surface area contributed by atoms with E-state index in [1.54, 1.807) is 13.3 Å². The Morgan fingerprint density at radius 3 is 2.84 bits per heavy atom. The number of rotatable bonds is 6. The number of ether oxygens (including phenoxy) is 1. The molecule has 25 heavy (non-hydrogen) atoms. The van der Waals surface area contributed by atoms with E-state index in [1.807, 2.05) is 39.1 Å². The highest BCUT2D eigenvalue weighted by molar-refractivity contribution is 5.76. The van der Waals surface area contributed by atoms with Crippen molar-refractivity contribution in [1.29, 1.82) is 0 Å². The molecule has 2 aromatic heterocycles. The second kappa shape index (κ2) is 7.11. The van der Waals surface area contributed by atoms with Gasteiger partial charge in [-0.25, -0.2) is 4.98 Å². The lowest BCUT2D eigenvalue weighted by Crippen LogP contribution is -2.24. The molecule has 0 unspecified atom stereocenters. The van der Waals surface area contributed by atoms with E-state index < -0.39 is 0 Å². The number of aromatic amines is 2. The summed E-state index contributed by atoms with van der Waals surface area (Å²) in [7, 11) is 3.70. The van der Waals surface area contributed by atoms with Crippen molar-refractivity contribution in [3.05, 3.63) is 57.3 Å². The molecule has 6 nitrogen and oxygen atoms in total. The molecule has 132 valence electrons. The van der Waals surface area contributed by atoms with Crippen LogP contribution in [-0.4, -0.2) is 40.6 Å². The lowest BCUT2D eigenvalue weighted by atomic mass is 10.1. The van der Waals surface area contributed by atoms with Crippen molar-refractivity contribution in [2.24, 2.45) is 0 Å². The molecule has 0 saturated heterocycles. The molecule has 0 radical (unpaired) electrons. The Hall–Kier alpha value is -2.60. The first-order valence-corrected chi connectivity index (χ1v) is 8.37. The maximum Gasteiger partial charge on any atom is 0.187 e. The van der Waals surface area contributed by atoms with E-state index in [0.717, 1.165) is 52.4 Å². The van der Waals surface area contributed by atoms with Crippen LogP contribution in [0.4, 0.5) is 0 Å². The summed E-state index contributed by atoms with van der Waals surface area (Å²) < 4.78 is 5.24. The number of aryl methyl sites for hydroxylation is 1. The Morgan fingerprint density at radius 2 is 2.08 bits per heavy atom. The van der Waals surface area contributed by atoms with Gasteiger partial charge in [0.15, 0.2) is 5.43 Å². The average Bonchev–Trinajstić information content (AvgIpc) is 3.02. The van der Waals surface area contributed by atoms with Crippen molar-refractivity contribution in [2.45, 2.75) is 26.8 Å². The number of H-pyrrole nitrogens is 2. The average molecular weight is 340 g/mol. The number of hydrogen-bond donors (Lipinski definition) is 2. The number of aromatic nitrogens is 3. The van der Waals surface area contributed by atoms with Gasteiger partial charge in [0, 0.05) is 48.6 Å². The molecule has 0 bridgehead atoms. The molecule has 2 heterocycles. The molecule has 0 fully saturated rings. The van der Waals surface area contributed by atoms with Gasteiger partial charge in [0.05, 0.1) is 18.1 Å². The third-order valence-electron chi connectivity index (χ3n) is 4.51. The normalized spacial score (nSPS) is 11.4. The molecule has 0 aliphatic rings. The van der Waals surface area contributed by atoms with Crippen molar-refractivity contribution in [3.63, 3.8) is 0 Å². The van der Waals surface area contributed by atoms with E-state index >= 15 is 0 Å². The molecule has 0 atom stereocenters. The van der Waals surface area contributed by atoms with E-state index in [9.17, 15) is 4.79 Å². The Balaban J connectivity index is 1.65. The number of nitrogens with one attached hydrogen (secondary N) is 2. The van der Waals surface area contributed by atoms with Gasteiger partial charge in [-0.15, -0.1) is 0 Å². The molecule has 0 aliphatic heterocycles. The number of benzene rings is 1. The highest BCUT2D eigenvalue weighted by Crippen LogP contribution is 2.19. The van der Waals surface area contributed by atoms with Crippen molar-refractivity contribution in [3.8, 4) is 5.75 Å². The van der Waals surface area contributed by atoms with Crippen LogP contribution in [-0.2, 0) is 13.0 Å². The van der Waals surface area contributed by atoms with Crippen LogP contribution >= 0.6 is 0 Å². The second-order valence-electron chi connectivity index (χ2n) is 6.46. The zero-order chi connectivity index (χ0) is 18.0. The molecule has 3 aromatic rings. The number of imidazole rings is 1. The van der Waals surface area contributed by atoms with Crippen LogP contribution in [0.1, 0.15) is 22.6 Å². The third kappa shape index (κ3) is 3.74. The van der Waals surface area contributed by atoms with Crippen LogP contribution in [0.5, 0.6) is 5.75 Å². The molecular formula is C19H24N4O2. The predicted octanol–water partition coefficient (Wildman–Crippen LogP) is 2.55. The summed E-state index contributed by atoms with van der Waals surface area (Å²) in [5, 5.41) is 0. The Bertz CT molecular complexity index is 942. The first kappa shape index (κ1) is 17.2. The molecule has 0 spiro atoms. The Kier molecular flexibility index (Phi) is 4.90. The first-order chi connectivity index (χ1) is 12.0. The van der Waals surface area contributed by atoms with Crippen molar-refractivity contribution >= 4 is 11.0 Å². The van der Waals surface area contributed by atoms with Gasteiger partial charge in [0.25, 0.3) is 0 Å². The minimum absolute atomic E-state index is 0.119. The van der Waals surface area contributed by atoms with E-state index in [0.29, 0.717) is 6.54 Å². The van der Waals surface area contributed by atoms with Gasteiger partial charge >= 0.3 is 0 Å². The fourth-order valence-corrected chi connectivity index (χ4v) is 2.90. The summed E-state index contributed by atoms with van der Waals surface area (Å²) in [6.45, 7) is 5.25. The summed E-state index contributed by atoms with van der Waals surface area (Å²) >= 11 is 0. The number of methoxy groups -OCH3 is 1. The predicted molar refractivity (Wildman–Crippen MR) is 99.2 cm³/mol. The van der Waals surface area contributed by atoms with Gasteiger partial charge in [-0.2, -0.15) is 0 Å². The quantitative estimate of drug-likeness (QED) is 0.723. The standard InChI is InChI=1S/C19H24N4O2/c1-12-10-20-17(13(2)19(12)24)11-23(3)8-7-18-21-15-6-5-14(25-4)9-16(15)22-18/h5-6,9-10H,7-8,11H2,1-4H3,(H,20,24)(H,21,22). The van der Waals surface area contributed by atoms with Gasteiger partial charge in [0.2, 0.25) is 0 Å². The van der Waals surface area contributed by atoms with Crippen molar-refractivity contribution in [1.82, 2.24) is 19.9 Å². The fourth-order valence-electron chi connectivity index (χ4n) is 2.90. The lowest BCUT2D eigenvalue weighted by molar-refractivity contribution is 0.324. The first-order valence-electron chi connectivity index (χ1n) is 8.37. The monoisotopic (exact) mass is 340 g/mol. The highest BCUT2D eigenvalue weighted by atomic mass is 16.5. The Labute approximate surface area is 146 Å². The number of hydrogen-bond acceptors (Lipinski definition) is 4. The smallest absolute Gasteiger partial charge is 0.187 e. The molecule has 3 rings (SSSR count). The SMILES string of the molecule is COc1ccc2nc(CCN(C)Cc3[nH]cc(C)c(=O)c3C)[nH]c2c1. The molecular weight excluding hydrogens is 316 g/mol. The number of likely N-dealkylation sites (N-methyl/N-ethyl adjacent to an activating group) is 1. The zero-order valence-corrected chi connectivity index (χ0v) is 15.1. The van der Waals surface area contributed by atoms with Crippen LogP contribution in [0.3, 0.4) is 0 Å². The van der Waals surface area contributed by atoms with Crippen molar-refractivity contribution in [2.75, 3.05) is 20.7 Å². The topological polar surface area (TPSA) is 74.0 Å². The molecule has 1 aromatic carbocycles. The minimum atomic E-state index is 0.119. The molecule has 0 amide bonds. The van der Waals surface area contributed by atoms with Gasteiger partial charge in [-0.3, -0.25) is 4.79 Å². The Morgan fingerprint density at radius 1 is 1.28 bits per heavy atom. The zero-order valence-electron chi connectivity index (χ0n) is 15.1. The minimum Gasteiger partial charge on any atom is -0.497 e. The van der Waals surface area contributed by atoms with Gasteiger partial charge in [0.1, 0.15) is 11.6 Å². The van der Waals surface area contributed by atoms with E-state index in [2.05, 4.69) is 19.9 Å². The largest absolute Gasteiger partial charge is 0.497 e. The molecule has 2 N–H and O–H groups in total. The van der Waals surface area contributed by atoms with Crippen LogP contribution in [0, 0.1) is 13.8 Å². The fraction of sp³-hybridized carbons (Fsp3) is 0.368. The summed E-state index contributed by atoms with van der Waals surface area (Å²) in [4.78, 5) is 25.4. The van der Waals surface area contributed by atoms with Gasteiger partial charge in [-0.05, 0) is 33.0 Å². The van der Waals surface area contributed by atoms with Crippen molar-refractivity contribution < 1.29 is 4.74 Å². The molecule has 0 aliphatic carbocycles. The van der Waals surface area contributed by atoms with E-state index in [1.165, 1.54) is 0 Å². The molecule has 0 saturated carbocycles.